The van der Waals surface area contributed by atoms with Crippen LogP contribution in [0.2, 0.25) is 0 Å². The molecule has 0 amide bonds. The summed E-state index contributed by atoms with van der Waals surface area (Å²) < 4.78 is 12.8. The second-order valence-corrected chi connectivity index (χ2v) is 13.6. The molecule has 0 radical (unpaired) electrons. The molecule has 0 unspecified atom stereocenters. The monoisotopic (exact) mass is 691 g/mol. The Hall–Kier alpha value is -7.37. The minimum Gasteiger partial charge on any atom is -0.456 e. The van der Waals surface area contributed by atoms with Gasteiger partial charge in [0.15, 0.2) is 17.5 Å². The SMILES string of the molecule is c1ccc(-c2ccc(-c3nc(-c4cccc5oc6ccccc6c45)nc(-c4cccc5oc6cc(-c7ccc8ccccc8c7)ccc6c45)n3)cc2)cc1. The maximum atomic E-state index is 6.56. The first kappa shape index (κ1) is 30.3. The third-order valence-corrected chi connectivity index (χ3v) is 10.3. The second-order valence-electron chi connectivity index (χ2n) is 13.6. The molecule has 3 heterocycles. The van der Waals surface area contributed by atoms with Gasteiger partial charge in [0, 0.05) is 38.2 Å². The molecule has 0 atom stereocenters. The van der Waals surface area contributed by atoms with Crippen molar-refractivity contribution < 1.29 is 8.83 Å². The normalized spacial score (nSPS) is 11.7. The number of hydrogen-bond donors (Lipinski definition) is 0. The third-order valence-electron chi connectivity index (χ3n) is 10.3. The highest BCUT2D eigenvalue weighted by atomic mass is 16.3. The van der Waals surface area contributed by atoms with Gasteiger partial charge in [-0.05, 0) is 69.4 Å². The van der Waals surface area contributed by atoms with Gasteiger partial charge in [0.1, 0.15) is 22.3 Å². The predicted octanol–water partition coefficient (Wildman–Crippen LogP) is 13.2. The van der Waals surface area contributed by atoms with Gasteiger partial charge < -0.3 is 8.83 Å². The molecule has 11 aromatic rings. The molecule has 5 nitrogen and oxygen atoms in total. The van der Waals surface area contributed by atoms with Crippen LogP contribution >= 0.6 is 0 Å². The van der Waals surface area contributed by atoms with Gasteiger partial charge >= 0.3 is 0 Å². The number of rotatable bonds is 5. The van der Waals surface area contributed by atoms with Crippen molar-refractivity contribution in [1.82, 2.24) is 15.0 Å². The maximum Gasteiger partial charge on any atom is 0.164 e. The first-order valence-corrected chi connectivity index (χ1v) is 18.0. The molecule has 0 aliphatic carbocycles. The molecule has 0 N–H and O–H groups in total. The Morgan fingerprint density at radius 1 is 0.296 bits per heavy atom. The van der Waals surface area contributed by atoms with Crippen LogP contribution in [0.25, 0.3) is 111 Å². The smallest absolute Gasteiger partial charge is 0.164 e. The number of para-hydroxylation sites is 1. The van der Waals surface area contributed by atoms with Crippen molar-refractivity contribution in [2.75, 3.05) is 0 Å². The third kappa shape index (κ3) is 4.98. The molecule has 5 heteroatoms. The lowest BCUT2D eigenvalue weighted by Gasteiger charge is -2.10. The highest BCUT2D eigenvalue weighted by Gasteiger charge is 2.20. The zero-order valence-electron chi connectivity index (χ0n) is 28.9. The van der Waals surface area contributed by atoms with Crippen LogP contribution in [0.4, 0.5) is 0 Å². The van der Waals surface area contributed by atoms with Crippen molar-refractivity contribution in [1.29, 1.82) is 0 Å². The summed E-state index contributed by atoms with van der Waals surface area (Å²) in [6, 6.07) is 60.5. The molecule has 0 aliphatic rings. The van der Waals surface area contributed by atoms with E-state index in [9.17, 15) is 0 Å². The molecule has 0 saturated carbocycles. The van der Waals surface area contributed by atoms with E-state index in [4.69, 9.17) is 23.8 Å². The summed E-state index contributed by atoms with van der Waals surface area (Å²) in [6.45, 7) is 0. The molecular formula is C49H29N3O2. The van der Waals surface area contributed by atoms with Crippen molar-refractivity contribution >= 4 is 54.6 Å². The summed E-state index contributed by atoms with van der Waals surface area (Å²) in [6.07, 6.45) is 0. The van der Waals surface area contributed by atoms with Gasteiger partial charge in [-0.3, -0.25) is 0 Å². The van der Waals surface area contributed by atoms with Gasteiger partial charge in [0.2, 0.25) is 0 Å². The number of nitrogens with zero attached hydrogens (tertiary/aromatic N) is 3. The predicted molar refractivity (Wildman–Crippen MR) is 219 cm³/mol. The molecule has 252 valence electrons. The largest absolute Gasteiger partial charge is 0.456 e. The van der Waals surface area contributed by atoms with Crippen LogP contribution in [0.5, 0.6) is 0 Å². The molecule has 3 aromatic heterocycles. The van der Waals surface area contributed by atoms with Gasteiger partial charge in [-0.25, -0.2) is 15.0 Å². The fourth-order valence-electron chi connectivity index (χ4n) is 7.71. The Morgan fingerprint density at radius 3 is 1.57 bits per heavy atom. The fourth-order valence-corrected chi connectivity index (χ4v) is 7.71. The number of fused-ring (bicyclic) bond motifs is 7. The van der Waals surface area contributed by atoms with E-state index in [1.165, 1.54) is 10.8 Å². The van der Waals surface area contributed by atoms with E-state index in [1.807, 2.05) is 48.5 Å². The van der Waals surface area contributed by atoms with Crippen LogP contribution in [-0.2, 0) is 0 Å². The quantitative estimate of drug-likeness (QED) is 0.180. The van der Waals surface area contributed by atoms with E-state index in [2.05, 4.69) is 127 Å². The summed E-state index contributed by atoms with van der Waals surface area (Å²) in [5.41, 5.74) is 10.4. The zero-order valence-corrected chi connectivity index (χ0v) is 28.9. The first-order valence-electron chi connectivity index (χ1n) is 18.0. The van der Waals surface area contributed by atoms with E-state index >= 15 is 0 Å². The Labute approximate surface area is 309 Å². The summed E-state index contributed by atoms with van der Waals surface area (Å²) in [5, 5.41) is 6.39. The number of aromatic nitrogens is 3. The molecule has 8 aromatic carbocycles. The van der Waals surface area contributed by atoms with Crippen LogP contribution < -0.4 is 0 Å². The molecule has 0 fully saturated rings. The van der Waals surface area contributed by atoms with Crippen LogP contribution in [0.3, 0.4) is 0 Å². The lowest BCUT2D eigenvalue weighted by Crippen LogP contribution is -2.00. The molecule has 54 heavy (non-hydrogen) atoms. The molecule has 0 saturated heterocycles. The van der Waals surface area contributed by atoms with Crippen molar-refractivity contribution in [3.63, 3.8) is 0 Å². The minimum absolute atomic E-state index is 0.568. The lowest BCUT2D eigenvalue weighted by molar-refractivity contribution is 0.668. The maximum absolute atomic E-state index is 6.56. The zero-order chi connectivity index (χ0) is 35.6. The van der Waals surface area contributed by atoms with Gasteiger partial charge in [0.05, 0.1) is 0 Å². The van der Waals surface area contributed by atoms with Crippen molar-refractivity contribution in [3.05, 3.63) is 176 Å². The summed E-state index contributed by atoms with van der Waals surface area (Å²) in [7, 11) is 0. The van der Waals surface area contributed by atoms with Gasteiger partial charge in [-0.1, -0.05) is 140 Å². The van der Waals surface area contributed by atoms with E-state index in [0.717, 1.165) is 82.8 Å². The summed E-state index contributed by atoms with van der Waals surface area (Å²) in [5.74, 6) is 1.73. The summed E-state index contributed by atoms with van der Waals surface area (Å²) >= 11 is 0. The molecule has 0 spiro atoms. The van der Waals surface area contributed by atoms with Crippen molar-refractivity contribution in [3.8, 4) is 56.4 Å². The Kier molecular flexibility index (Phi) is 6.79. The first-order chi connectivity index (χ1) is 26.7. The van der Waals surface area contributed by atoms with Crippen LogP contribution in [0, 0.1) is 0 Å². The standard InChI is InChI=1S/C49H29N3O2/c1-2-10-30(11-3-1)32-20-23-33(24-21-32)47-50-48(39-15-8-18-42-45(39)37-14-6-7-17-41(37)53-42)52-49(51-47)40-16-9-19-43-46(40)38-27-26-36(29-44(38)54-43)35-25-22-31-12-4-5-13-34(31)28-35/h1-29H. The van der Waals surface area contributed by atoms with Crippen LogP contribution in [-0.4, -0.2) is 15.0 Å². The molecule has 0 bridgehead atoms. The second kappa shape index (κ2) is 12.1. The lowest BCUT2D eigenvalue weighted by atomic mass is 9.99. The van der Waals surface area contributed by atoms with Crippen LogP contribution in [0.1, 0.15) is 0 Å². The van der Waals surface area contributed by atoms with Gasteiger partial charge in [-0.15, -0.1) is 0 Å². The highest BCUT2D eigenvalue weighted by molar-refractivity contribution is 6.14. The van der Waals surface area contributed by atoms with E-state index < -0.39 is 0 Å². The molecule has 0 aliphatic heterocycles. The van der Waals surface area contributed by atoms with E-state index in [1.54, 1.807) is 0 Å². The fraction of sp³-hybridized carbons (Fsp3) is 0. The van der Waals surface area contributed by atoms with Gasteiger partial charge in [0.25, 0.3) is 0 Å². The summed E-state index contributed by atoms with van der Waals surface area (Å²) in [4.78, 5) is 15.5. The minimum atomic E-state index is 0.568. The number of furan rings is 2. The average Bonchev–Trinajstić information content (AvgIpc) is 3.82. The van der Waals surface area contributed by atoms with E-state index in [0.29, 0.717) is 17.5 Å². The Balaban J connectivity index is 1.10. The van der Waals surface area contributed by atoms with Crippen LogP contribution in [0.15, 0.2) is 185 Å². The van der Waals surface area contributed by atoms with E-state index in [-0.39, 0.29) is 0 Å². The Bertz CT molecular complexity index is 3210. The van der Waals surface area contributed by atoms with Crippen molar-refractivity contribution in [2.45, 2.75) is 0 Å². The highest BCUT2D eigenvalue weighted by Crippen LogP contribution is 2.40. The number of hydrogen-bond acceptors (Lipinski definition) is 5. The number of benzene rings is 8. The molecule has 11 rings (SSSR count). The van der Waals surface area contributed by atoms with Crippen molar-refractivity contribution in [2.24, 2.45) is 0 Å². The van der Waals surface area contributed by atoms with Gasteiger partial charge in [-0.2, -0.15) is 0 Å². The molecular weight excluding hydrogens is 663 g/mol. The topological polar surface area (TPSA) is 65.0 Å². The average molecular weight is 692 g/mol. The Morgan fingerprint density at radius 2 is 0.815 bits per heavy atom.